The van der Waals surface area contributed by atoms with E-state index in [1.807, 2.05) is 53.4 Å². The molecule has 4 aromatic rings. The fourth-order valence-corrected chi connectivity index (χ4v) is 4.46. The lowest BCUT2D eigenvalue weighted by atomic mass is 9.95. The third-order valence-electron chi connectivity index (χ3n) is 6.26. The maximum Gasteiger partial charge on any atom is 0.273 e. The molecule has 0 radical (unpaired) electrons. The molecule has 3 heterocycles. The minimum Gasteiger partial charge on any atom is -0.507 e. The molecule has 0 saturated carbocycles. The fraction of sp³-hybridized carbons (Fsp3) is 0.250. The highest BCUT2D eigenvalue weighted by Crippen LogP contribution is 2.45. The number of para-hydroxylation sites is 1. The van der Waals surface area contributed by atoms with E-state index in [4.69, 9.17) is 4.74 Å². The molecule has 0 aliphatic carbocycles. The van der Waals surface area contributed by atoms with E-state index in [0.717, 1.165) is 28.9 Å². The molecular formula is C28H28N4O3. The number of carbonyl (C=O) groups is 1. The molecule has 2 aromatic heterocycles. The highest BCUT2D eigenvalue weighted by atomic mass is 16.5. The number of nitrogens with one attached hydrogen (secondary N) is 1. The molecule has 1 aliphatic rings. The minimum atomic E-state index is -0.396. The van der Waals surface area contributed by atoms with Crippen LogP contribution in [0.3, 0.4) is 0 Å². The summed E-state index contributed by atoms with van der Waals surface area (Å²) in [5, 5.41) is 17.9. The van der Waals surface area contributed by atoms with Gasteiger partial charge >= 0.3 is 0 Å². The number of fused-ring (bicyclic) bond motifs is 1. The molecule has 178 valence electrons. The van der Waals surface area contributed by atoms with Crippen LogP contribution < -0.4 is 4.74 Å². The van der Waals surface area contributed by atoms with Crippen molar-refractivity contribution in [1.82, 2.24) is 20.1 Å². The normalized spacial score (nSPS) is 15.0. The summed E-state index contributed by atoms with van der Waals surface area (Å²) >= 11 is 0. The molecule has 1 amide bonds. The number of amides is 1. The first-order valence-electron chi connectivity index (χ1n) is 11.8. The van der Waals surface area contributed by atoms with Crippen LogP contribution in [-0.2, 0) is 6.54 Å². The van der Waals surface area contributed by atoms with Crippen molar-refractivity contribution in [2.75, 3.05) is 6.61 Å². The second kappa shape index (κ2) is 9.62. The summed E-state index contributed by atoms with van der Waals surface area (Å²) in [5.41, 5.74) is 4.24. The summed E-state index contributed by atoms with van der Waals surface area (Å²) in [4.78, 5) is 19.5. The Hall–Kier alpha value is -4.13. The van der Waals surface area contributed by atoms with Gasteiger partial charge in [0, 0.05) is 30.1 Å². The number of hydrogen-bond donors (Lipinski definition) is 2. The van der Waals surface area contributed by atoms with Gasteiger partial charge in [-0.1, -0.05) is 38.1 Å². The average Bonchev–Trinajstić information content (AvgIpc) is 3.39. The Morgan fingerprint density at radius 1 is 1.09 bits per heavy atom. The number of carbonyl (C=O) groups excluding carboxylic acids is 1. The zero-order chi connectivity index (χ0) is 24.4. The first-order chi connectivity index (χ1) is 17.0. The van der Waals surface area contributed by atoms with E-state index < -0.39 is 6.04 Å². The molecule has 0 fully saturated rings. The highest BCUT2D eigenvalue weighted by Gasteiger charge is 2.42. The van der Waals surface area contributed by atoms with Crippen molar-refractivity contribution in [2.45, 2.75) is 32.9 Å². The van der Waals surface area contributed by atoms with E-state index >= 15 is 0 Å². The van der Waals surface area contributed by atoms with Crippen LogP contribution in [0.4, 0.5) is 0 Å². The molecule has 1 atom stereocenters. The predicted molar refractivity (Wildman–Crippen MR) is 133 cm³/mol. The van der Waals surface area contributed by atoms with Gasteiger partial charge in [-0.25, -0.2) is 0 Å². The number of benzene rings is 2. The maximum absolute atomic E-state index is 13.6. The monoisotopic (exact) mass is 468 g/mol. The lowest BCUT2D eigenvalue weighted by Gasteiger charge is -2.27. The largest absolute Gasteiger partial charge is 0.507 e. The summed E-state index contributed by atoms with van der Waals surface area (Å²) in [6, 6.07) is 18.4. The van der Waals surface area contributed by atoms with Crippen LogP contribution in [0, 0.1) is 5.92 Å². The first-order valence-corrected chi connectivity index (χ1v) is 11.8. The van der Waals surface area contributed by atoms with E-state index in [0.29, 0.717) is 36.0 Å². The van der Waals surface area contributed by atoms with Crippen LogP contribution in [0.5, 0.6) is 11.5 Å². The Morgan fingerprint density at radius 2 is 1.89 bits per heavy atom. The topological polar surface area (TPSA) is 91.3 Å². The molecular weight excluding hydrogens is 440 g/mol. The number of phenolic OH excluding ortho intramolecular Hbond substituents is 1. The molecule has 2 N–H and O–H groups in total. The molecule has 7 heteroatoms. The van der Waals surface area contributed by atoms with Crippen molar-refractivity contribution < 1.29 is 14.6 Å². The van der Waals surface area contributed by atoms with Crippen molar-refractivity contribution in [3.05, 3.63) is 95.4 Å². The molecule has 0 spiro atoms. The number of nitrogens with zero attached hydrogens (tertiary/aromatic N) is 3. The second-order valence-electron chi connectivity index (χ2n) is 9.17. The van der Waals surface area contributed by atoms with Crippen molar-refractivity contribution in [3.63, 3.8) is 0 Å². The number of pyridine rings is 1. The third kappa shape index (κ3) is 4.49. The molecule has 0 bridgehead atoms. The number of hydrogen-bond acceptors (Lipinski definition) is 5. The number of rotatable bonds is 8. The minimum absolute atomic E-state index is 0.117. The first kappa shape index (κ1) is 22.7. The van der Waals surface area contributed by atoms with E-state index in [-0.39, 0.29) is 11.7 Å². The van der Waals surface area contributed by atoms with Gasteiger partial charge in [0.2, 0.25) is 0 Å². The molecule has 7 nitrogen and oxygen atoms in total. The van der Waals surface area contributed by atoms with Crippen LogP contribution in [-0.4, -0.2) is 37.7 Å². The van der Waals surface area contributed by atoms with Crippen LogP contribution in [0.25, 0.3) is 11.3 Å². The van der Waals surface area contributed by atoms with E-state index in [2.05, 4.69) is 29.0 Å². The molecule has 35 heavy (non-hydrogen) atoms. The smallest absolute Gasteiger partial charge is 0.273 e. The van der Waals surface area contributed by atoms with Crippen molar-refractivity contribution in [1.29, 1.82) is 0 Å². The summed E-state index contributed by atoms with van der Waals surface area (Å²) < 4.78 is 6.03. The molecule has 0 saturated heterocycles. The Morgan fingerprint density at radius 3 is 2.66 bits per heavy atom. The quantitative estimate of drug-likeness (QED) is 0.364. The lowest BCUT2D eigenvalue weighted by molar-refractivity contribution is 0.0729. The van der Waals surface area contributed by atoms with Gasteiger partial charge in [0.15, 0.2) is 0 Å². The van der Waals surface area contributed by atoms with Crippen LogP contribution in [0.1, 0.15) is 53.5 Å². The summed E-state index contributed by atoms with van der Waals surface area (Å²) in [6.07, 6.45) is 4.41. The average molecular weight is 469 g/mol. The predicted octanol–water partition coefficient (Wildman–Crippen LogP) is 5.35. The van der Waals surface area contributed by atoms with Gasteiger partial charge in [-0.2, -0.15) is 5.10 Å². The number of aromatic amines is 1. The Labute approximate surface area is 204 Å². The van der Waals surface area contributed by atoms with Crippen molar-refractivity contribution in [2.24, 2.45) is 5.92 Å². The number of ether oxygens (including phenoxy) is 1. The number of aromatic hydroxyl groups is 1. The number of phenols is 1. The van der Waals surface area contributed by atoms with E-state index in [1.54, 1.807) is 24.5 Å². The summed E-state index contributed by atoms with van der Waals surface area (Å²) in [5.74, 6) is 1.30. The molecule has 2 aromatic carbocycles. The van der Waals surface area contributed by atoms with Gasteiger partial charge in [0.25, 0.3) is 5.91 Å². The van der Waals surface area contributed by atoms with E-state index in [9.17, 15) is 9.90 Å². The zero-order valence-corrected chi connectivity index (χ0v) is 19.8. The lowest BCUT2D eigenvalue weighted by Crippen LogP contribution is -2.29. The Balaban J connectivity index is 1.58. The van der Waals surface area contributed by atoms with Gasteiger partial charge in [0.1, 0.15) is 22.9 Å². The standard InChI is InChI=1S/C28H28N4O3/c1-18(2)12-15-35-21-7-5-6-20(16-21)27-24-25(22-8-3-4-9-23(22)33)30-31-26(24)28(34)32(27)17-19-10-13-29-14-11-19/h3-11,13-14,16,18,27,33H,12,15,17H2,1-2H3,(H,30,31). The SMILES string of the molecule is CC(C)CCOc1cccc(C2c3c(-c4ccccc4O)n[nH]c3C(=O)N2Cc2ccncc2)c1. The summed E-state index contributed by atoms with van der Waals surface area (Å²) in [6.45, 7) is 5.38. The van der Waals surface area contributed by atoms with Gasteiger partial charge in [-0.3, -0.25) is 14.9 Å². The number of aromatic nitrogens is 3. The van der Waals surface area contributed by atoms with Crippen molar-refractivity contribution in [3.8, 4) is 22.8 Å². The molecule has 1 unspecified atom stereocenters. The highest BCUT2D eigenvalue weighted by molar-refractivity contribution is 6.00. The number of H-pyrrole nitrogens is 1. The van der Waals surface area contributed by atoms with Crippen LogP contribution in [0.2, 0.25) is 0 Å². The summed E-state index contributed by atoms with van der Waals surface area (Å²) in [7, 11) is 0. The van der Waals surface area contributed by atoms with E-state index in [1.165, 1.54) is 0 Å². The molecule has 5 rings (SSSR count). The maximum atomic E-state index is 13.6. The molecule has 1 aliphatic heterocycles. The second-order valence-corrected chi connectivity index (χ2v) is 9.17. The van der Waals surface area contributed by atoms with Crippen LogP contribution >= 0.6 is 0 Å². The van der Waals surface area contributed by atoms with Gasteiger partial charge in [-0.05, 0) is 59.9 Å². The van der Waals surface area contributed by atoms with Gasteiger partial charge in [0.05, 0.1) is 12.6 Å². The van der Waals surface area contributed by atoms with Crippen molar-refractivity contribution >= 4 is 5.91 Å². The third-order valence-corrected chi connectivity index (χ3v) is 6.26. The van der Waals surface area contributed by atoms with Gasteiger partial charge in [-0.15, -0.1) is 0 Å². The fourth-order valence-electron chi connectivity index (χ4n) is 4.46. The Kier molecular flexibility index (Phi) is 6.23. The van der Waals surface area contributed by atoms with Gasteiger partial charge < -0.3 is 14.7 Å². The zero-order valence-electron chi connectivity index (χ0n) is 19.8. The Bertz CT molecular complexity index is 1330. The van der Waals surface area contributed by atoms with Crippen LogP contribution in [0.15, 0.2) is 73.1 Å².